The van der Waals surface area contributed by atoms with E-state index in [1.54, 1.807) is 0 Å². The summed E-state index contributed by atoms with van der Waals surface area (Å²) in [5.74, 6) is -0.508. The monoisotopic (exact) mass is 882 g/mol. The van der Waals surface area contributed by atoms with Crippen LogP contribution in [0.2, 0.25) is 0 Å². The van der Waals surface area contributed by atoms with Gasteiger partial charge in [0, 0.05) is 6.42 Å². The molecule has 0 saturated heterocycles. The second-order valence-electron chi connectivity index (χ2n) is 18.4. The Bertz CT molecular complexity index is 1130. The first kappa shape index (κ1) is 60.6. The summed E-state index contributed by atoms with van der Waals surface area (Å²) in [4.78, 5) is 26.2. The Morgan fingerprint density at radius 1 is 0.460 bits per heavy atom. The van der Waals surface area contributed by atoms with Crippen molar-refractivity contribution in [2.75, 3.05) is 6.61 Å². The minimum Gasteiger partial charge on any atom is -0.462 e. The lowest BCUT2D eigenvalue weighted by atomic mass is 10.0. The van der Waals surface area contributed by atoms with Gasteiger partial charge in [-0.25, -0.2) is 0 Å². The van der Waals surface area contributed by atoms with Crippen molar-refractivity contribution in [2.24, 2.45) is 0 Å². The zero-order chi connectivity index (χ0) is 45.9. The van der Waals surface area contributed by atoms with Gasteiger partial charge >= 0.3 is 5.97 Å². The number of hydrogen-bond donors (Lipinski definition) is 3. The van der Waals surface area contributed by atoms with Gasteiger partial charge in [0.15, 0.2) is 0 Å². The maximum atomic E-state index is 13.2. The predicted octanol–water partition coefficient (Wildman–Crippen LogP) is 16.4. The lowest BCUT2D eigenvalue weighted by Gasteiger charge is -2.24. The first-order valence-corrected chi connectivity index (χ1v) is 27.1. The summed E-state index contributed by atoms with van der Waals surface area (Å²) in [6.45, 7) is 6.40. The Balaban J connectivity index is 4.65. The highest BCUT2D eigenvalue weighted by molar-refractivity contribution is 5.77. The SMILES string of the molecule is CCC/C=C/C=C/C=C/C=C/C=C/CCCCCC(CC(=O)NC(CO)C(O)CCCCCCCCCCCCCC)OC(=O)CCCCCCCCCCCCCCCCCC. The highest BCUT2D eigenvalue weighted by Crippen LogP contribution is 2.18. The number of carbonyl (C=O) groups excluding carboxylic acids is 2. The van der Waals surface area contributed by atoms with Gasteiger partial charge in [0.05, 0.1) is 25.2 Å². The summed E-state index contributed by atoms with van der Waals surface area (Å²) in [7, 11) is 0. The Morgan fingerprint density at radius 3 is 1.29 bits per heavy atom. The molecule has 6 heteroatoms. The van der Waals surface area contributed by atoms with Crippen molar-refractivity contribution in [3.05, 3.63) is 60.8 Å². The highest BCUT2D eigenvalue weighted by atomic mass is 16.5. The number of carbonyl (C=O) groups is 2. The van der Waals surface area contributed by atoms with E-state index in [0.29, 0.717) is 19.3 Å². The fraction of sp³-hybridized carbons (Fsp3) is 0.789. The minimum absolute atomic E-state index is 0.0505. The average molecular weight is 882 g/mol. The largest absolute Gasteiger partial charge is 0.462 e. The molecule has 63 heavy (non-hydrogen) atoms. The number of aliphatic hydroxyl groups excluding tert-OH is 2. The molecule has 6 nitrogen and oxygen atoms in total. The molecule has 0 saturated carbocycles. The van der Waals surface area contributed by atoms with Gasteiger partial charge in [-0.3, -0.25) is 9.59 Å². The van der Waals surface area contributed by atoms with Crippen LogP contribution >= 0.6 is 0 Å². The van der Waals surface area contributed by atoms with Crippen LogP contribution in [-0.2, 0) is 14.3 Å². The number of amides is 1. The van der Waals surface area contributed by atoms with Crippen molar-refractivity contribution in [2.45, 2.75) is 283 Å². The molecule has 3 N–H and O–H groups in total. The molecule has 0 fully saturated rings. The van der Waals surface area contributed by atoms with Gasteiger partial charge in [0.2, 0.25) is 5.91 Å². The summed E-state index contributed by atoms with van der Waals surface area (Å²) < 4.78 is 5.93. The maximum Gasteiger partial charge on any atom is 0.306 e. The normalized spacial score (nSPS) is 13.7. The van der Waals surface area contributed by atoms with Crippen LogP contribution in [0.25, 0.3) is 0 Å². The Hall–Kier alpha value is -2.44. The molecule has 0 heterocycles. The molecule has 0 aromatic heterocycles. The van der Waals surface area contributed by atoms with Crippen molar-refractivity contribution < 1.29 is 24.5 Å². The van der Waals surface area contributed by atoms with Crippen LogP contribution in [0, 0.1) is 0 Å². The second kappa shape index (κ2) is 50.6. The number of aliphatic hydroxyl groups is 2. The molecule has 0 aromatic rings. The molecule has 3 atom stereocenters. The Labute approximate surface area is 390 Å². The third-order valence-electron chi connectivity index (χ3n) is 12.2. The van der Waals surface area contributed by atoms with Crippen LogP contribution in [0.15, 0.2) is 60.8 Å². The molecule has 0 aliphatic heterocycles. The fourth-order valence-electron chi connectivity index (χ4n) is 8.11. The van der Waals surface area contributed by atoms with Crippen LogP contribution in [0.5, 0.6) is 0 Å². The van der Waals surface area contributed by atoms with Gasteiger partial charge in [0.25, 0.3) is 0 Å². The molecular weight excluding hydrogens is 779 g/mol. The minimum atomic E-state index is -0.800. The van der Waals surface area contributed by atoms with E-state index in [1.165, 1.54) is 148 Å². The van der Waals surface area contributed by atoms with E-state index in [4.69, 9.17) is 4.74 Å². The second-order valence-corrected chi connectivity index (χ2v) is 18.4. The van der Waals surface area contributed by atoms with Crippen molar-refractivity contribution in [3.63, 3.8) is 0 Å². The number of rotatable bonds is 48. The Morgan fingerprint density at radius 2 is 0.841 bits per heavy atom. The van der Waals surface area contributed by atoms with E-state index >= 15 is 0 Å². The van der Waals surface area contributed by atoms with E-state index in [2.05, 4.69) is 50.4 Å². The van der Waals surface area contributed by atoms with Crippen LogP contribution in [0.4, 0.5) is 0 Å². The standard InChI is InChI=1S/C57H103NO5/c1-4-7-10-13-16-19-22-25-27-29-31-33-36-39-42-45-48-53(63-57(62)50-47-44-41-38-35-32-30-28-26-23-20-17-14-11-8-5-2)51-56(61)58-54(52-59)55(60)49-46-43-40-37-34-24-21-18-15-12-9-6-3/h10,13,16,19,22,25,27,29,31,33,53-55,59-60H,4-9,11-12,14-15,17-18,20-21,23-24,26,28,30,32,34-52H2,1-3H3,(H,58,61)/b13-10+,19-16+,25-22+,29-27+,33-31+. The van der Waals surface area contributed by atoms with Crippen molar-refractivity contribution in [3.8, 4) is 0 Å². The molecule has 0 radical (unpaired) electrons. The van der Waals surface area contributed by atoms with Crippen LogP contribution in [-0.4, -0.2) is 46.9 Å². The molecule has 0 rings (SSSR count). The topological polar surface area (TPSA) is 95.9 Å². The molecule has 3 unspecified atom stereocenters. The van der Waals surface area contributed by atoms with Gasteiger partial charge in [-0.15, -0.1) is 0 Å². The van der Waals surface area contributed by atoms with Gasteiger partial charge in [0.1, 0.15) is 6.10 Å². The number of hydrogen-bond acceptors (Lipinski definition) is 5. The first-order valence-electron chi connectivity index (χ1n) is 27.1. The molecule has 0 bridgehead atoms. The number of ether oxygens (including phenoxy) is 1. The van der Waals surface area contributed by atoms with Crippen molar-refractivity contribution in [1.29, 1.82) is 0 Å². The van der Waals surface area contributed by atoms with Gasteiger partial charge in [-0.2, -0.15) is 0 Å². The summed E-state index contributed by atoms with van der Waals surface area (Å²) in [6, 6.07) is -0.716. The number of esters is 1. The third-order valence-corrected chi connectivity index (χ3v) is 12.2. The summed E-state index contributed by atoms with van der Waals surface area (Å²) in [5.41, 5.74) is 0. The van der Waals surface area contributed by atoms with Crippen molar-refractivity contribution >= 4 is 11.9 Å². The quantitative estimate of drug-likeness (QED) is 0.0321. The molecule has 1 amide bonds. The first-order chi connectivity index (χ1) is 31.0. The summed E-state index contributed by atoms with van der Waals surface area (Å²) >= 11 is 0. The van der Waals surface area contributed by atoms with E-state index in [9.17, 15) is 19.8 Å². The van der Waals surface area contributed by atoms with Crippen LogP contribution in [0.3, 0.4) is 0 Å². The smallest absolute Gasteiger partial charge is 0.306 e. The Kier molecular flexibility index (Phi) is 48.6. The molecule has 0 spiro atoms. The highest BCUT2D eigenvalue weighted by Gasteiger charge is 2.24. The maximum absolute atomic E-state index is 13.2. The van der Waals surface area contributed by atoms with Gasteiger partial charge in [-0.05, 0) is 44.9 Å². The van der Waals surface area contributed by atoms with E-state index < -0.39 is 18.2 Å². The zero-order valence-electron chi connectivity index (χ0n) is 41.7. The number of unbranched alkanes of at least 4 members (excludes halogenated alkanes) is 30. The average Bonchev–Trinajstić information content (AvgIpc) is 3.28. The summed E-state index contributed by atoms with van der Waals surface area (Å²) in [5, 5.41) is 23.8. The fourth-order valence-corrected chi connectivity index (χ4v) is 8.11. The molecular formula is C57H103NO5. The van der Waals surface area contributed by atoms with E-state index in [1.807, 2.05) is 36.5 Å². The molecule has 0 aromatic carbocycles. The molecule has 0 aliphatic carbocycles. The molecule has 0 aliphatic rings. The third kappa shape index (κ3) is 45.9. The van der Waals surface area contributed by atoms with Gasteiger partial charge < -0.3 is 20.3 Å². The predicted molar refractivity (Wildman–Crippen MR) is 273 cm³/mol. The number of allylic oxidation sites excluding steroid dienone is 10. The summed E-state index contributed by atoms with van der Waals surface area (Å²) in [6.07, 6.45) is 62.8. The van der Waals surface area contributed by atoms with Crippen LogP contribution < -0.4 is 5.32 Å². The molecule has 366 valence electrons. The number of nitrogens with one attached hydrogen (secondary N) is 1. The van der Waals surface area contributed by atoms with Gasteiger partial charge in [-0.1, -0.05) is 268 Å². The van der Waals surface area contributed by atoms with Crippen molar-refractivity contribution in [1.82, 2.24) is 5.32 Å². The van der Waals surface area contributed by atoms with E-state index in [0.717, 1.165) is 70.6 Å². The van der Waals surface area contributed by atoms with E-state index in [-0.39, 0.29) is 24.9 Å². The lowest BCUT2D eigenvalue weighted by molar-refractivity contribution is -0.151. The lowest BCUT2D eigenvalue weighted by Crippen LogP contribution is -2.46. The van der Waals surface area contributed by atoms with Crippen LogP contribution in [0.1, 0.15) is 265 Å². The zero-order valence-corrected chi connectivity index (χ0v) is 41.7.